The molecule has 0 heterocycles. The number of hydrogen-bond acceptors (Lipinski definition) is 3. The Balaban J connectivity index is 1.73. The molecule has 3 saturated carbocycles. The molecule has 1 unspecified atom stereocenters. The third-order valence-electron chi connectivity index (χ3n) is 10.3. The Hall–Kier alpha value is -1.12. The van der Waals surface area contributed by atoms with Crippen LogP contribution >= 0.6 is 0 Å². The van der Waals surface area contributed by atoms with Gasteiger partial charge in [0, 0.05) is 17.8 Å². The zero-order valence-electron chi connectivity index (χ0n) is 18.6. The van der Waals surface area contributed by atoms with Crippen LogP contribution in [0.1, 0.15) is 86.5 Å². The number of Topliss-reactive ketones (excluding diaryl/α,β-unsaturated/α-hetero) is 1. The zero-order valence-corrected chi connectivity index (χ0v) is 18.6. The minimum Gasteiger partial charge on any atom is -0.462 e. The van der Waals surface area contributed by atoms with Gasteiger partial charge in [0.1, 0.15) is 11.9 Å². The molecular formula is C25H38O3. The Morgan fingerprint density at radius 1 is 1.11 bits per heavy atom. The number of fused-ring (bicyclic) bond motifs is 5. The van der Waals surface area contributed by atoms with Gasteiger partial charge in [-0.15, -0.1) is 0 Å². The quantitative estimate of drug-likeness (QED) is 0.450. The normalized spacial score (nSPS) is 50.1. The highest BCUT2D eigenvalue weighted by Gasteiger charge is 2.67. The van der Waals surface area contributed by atoms with E-state index in [4.69, 9.17) is 4.74 Å². The Labute approximate surface area is 170 Å². The molecule has 0 saturated heterocycles. The minimum atomic E-state index is -0.213. The minimum absolute atomic E-state index is 0.0140. The smallest absolute Gasteiger partial charge is 0.302 e. The second-order valence-electron chi connectivity index (χ2n) is 11.0. The molecule has 0 bridgehead atoms. The third kappa shape index (κ3) is 2.40. The van der Waals surface area contributed by atoms with Gasteiger partial charge in [0.15, 0.2) is 0 Å². The summed E-state index contributed by atoms with van der Waals surface area (Å²) in [6.45, 7) is 12.7. The summed E-state index contributed by atoms with van der Waals surface area (Å²) < 4.78 is 5.92. The van der Waals surface area contributed by atoms with Gasteiger partial charge in [-0.25, -0.2) is 0 Å². The van der Waals surface area contributed by atoms with Crippen LogP contribution < -0.4 is 0 Å². The van der Waals surface area contributed by atoms with Gasteiger partial charge in [0.05, 0.1) is 0 Å². The van der Waals surface area contributed by atoms with Crippen molar-refractivity contribution in [1.29, 1.82) is 0 Å². The molecule has 3 heteroatoms. The fourth-order valence-corrected chi connectivity index (χ4v) is 8.40. The van der Waals surface area contributed by atoms with Crippen LogP contribution in [0.5, 0.6) is 0 Å². The Morgan fingerprint density at radius 2 is 1.82 bits per heavy atom. The van der Waals surface area contributed by atoms with Crippen molar-refractivity contribution >= 4 is 11.8 Å². The van der Waals surface area contributed by atoms with Gasteiger partial charge < -0.3 is 4.74 Å². The van der Waals surface area contributed by atoms with E-state index in [1.807, 2.05) is 6.92 Å². The van der Waals surface area contributed by atoms with Gasteiger partial charge in [-0.05, 0) is 81.0 Å². The number of carbonyl (C=O) groups excluding carboxylic acids is 2. The molecule has 156 valence electrons. The number of allylic oxidation sites excluding steroid dienone is 1. The van der Waals surface area contributed by atoms with Crippen molar-refractivity contribution in [2.24, 2.45) is 39.9 Å². The summed E-state index contributed by atoms with van der Waals surface area (Å²) in [5.41, 5.74) is 1.39. The van der Waals surface area contributed by atoms with Gasteiger partial charge in [0.25, 0.3) is 0 Å². The average Bonchev–Trinajstić information content (AvgIpc) is 2.83. The summed E-state index contributed by atoms with van der Waals surface area (Å²) in [4.78, 5) is 24.6. The topological polar surface area (TPSA) is 43.4 Å². The molecule has 4 aliphatic rings. The molecule has 0 radical (unpaired) electrons. The summed E-state index contributed by atoms with van der Waals surface area (Å²) in [6.07, 6.45) is 10.3. The number of rotatable bonds is 2. The second kappa shape index (κ2) is 6.44. The van der Waals surface area contributed by atoms with Crippen LogP contribution in [0.3, 0.4) is 0 Å². The lowest BCUT2D eigenvalue weighted by atomic mass is 9.45. The van der Waals surface area contributed by atoms with Crippen molar-refractivity contribution in [2.75, 3.05) is 0 Å². The third-order valence-corrected chi connectivity index (χ3v) is 10.3. The molecule has 0 aromatic heterocycles. The predicted octanol–water partition coefficient (Wildman–Crippen LogP) is 5.72. The van der Waals surface area contributed by atoms with E-state index in [1.54, 1.807) is 6.92 Å². The first-order valence-electron chi connectivity index (χ1n) is 11.4. The molecule has 4 aliphatic carbocycles. The molecule has 0 amide bonds. The fraction of sp³-hybridized carbons (Fsp3) is 0.840. The first kappa shape index (κ1) is 20.2. The first-order chi connectivity index (χ1) is 13.1. The maximum atomic E-state index is 12.8. The molecule has 28 heavy (non-hydrogen) atoms. The predicted molar refractivity (Wildman–Crippen MR) is 111 cm³/mol. The standard InChI is InChI=1S/C25H38O3/c1-15-14-21-19-11-10-18-8-7-9-22(28-17(3)27)24(18,5)20(19)12-13-23(21,4)25(15,6)16(2)26/h10,15,19-22H,7-9,11-14H2,1-6H3/t15-,19-,20+,21+,22?,23+,24+,25-/m1/s1. The lowest BCUT2D eigenvalue weighted by molar-refractivity contribution is -0.164. The summed E-state index contributed by atoms with van der Waals surface area (Å²) in [5, 5.41) is 0. The van der Waals surface area contributed by atoms with E-state index in [0.717, 1.165) is 44.9 Å². The van der Waals surface area contributed by atoms with Crippen molar-refractivity contribution in [3.63, 3.8) is 0 Å². The SMILES string of the molecule is CC(=O)OC1CCCC2=CC[C@H]3[C@@H]4C[C@@H](C)[C@](C)(C(C)=O)[C@@]4(C)CC[C@@H]3[C@]21C. The maximum Gasteiger partial charge on any atom is 0.302 e. The summed E-state index contributed by atoms with van der Waals surface area (Å²) in [7, 11) is 0. The van der Waals surface area contributed by atoms with Crippen LogP contribution in [0.4, 0.5) is 0 Å². The number of ketones is 1. The molecule has 0 aromatic rings. The van der Waals surface area contributed by atoms with Crippen molar-refractivity contribution in [3.8, 4) is 0 Å². The molecule has 0 aliphatic heterocycles. The highest BCUT2D eigenvalue weighted by molar-refractivity contribution is 5.83. The van der Waals surface area contributed by atoms with Gasteiger partial charge in [0.2, 0.25) is 0 Å². The van der Waals surface area contributed by atoms with Crippen molar-refractivity contribution in [2.45, 2.75) is 92.6 Å². The van der Waals surface area contributed by atoms with E-state index in [-0.39, 0.29) is 28.3 Å². The van der Waals surface area contributed by atoms with Crippen LogP contribution in [-0.2, 0) is 14.3 Å². The summed E-state index contributed by atoms with van der Waals surface area (Å²) in [6, 6.07) is 0. The first-order valence-corrected chi connectivity index (χ1v) is 11.4. The number of hydrogen-bond donors (Lipinski definition) is 0. The van der Waals surface area contributed by atoms with E-state index < -0.39 is 0 Å². The second-order valence-corrected chi connectivity index (χ2v) is 11.0. The fourth-order valence-electron chi connectivity index (χ4n) is 8.40. The van der Waals surface area contributed by atoms with Crippen LogP contribution in [0.25, 0.3) is 0 Å². The molecular weight excluding hydrogens is 348 g/mol. The summed E-state index contributed by atoms with van der Waals surface area (Å²) >= 11 is 0. The Bertz CT molecular complexity index is 723. The van der Waals surface area contributed by atoms with E-state index >= 15 is 0 Å². The van der Waals surface area contributed by atoms with Crippen LogP contribution in [0.15, 0.2) is 11.6 Å². The van der Waals surface area contributed by atoms with Crippen molar-refractivity contribution in [3.05, 3.63) is 11.6 Å². The molecule has 3 nitrogen and oxygen atoms in total. The van der Waals surface area contributed by atoms with Gasteiger partial charge >= 0.3 is 5.97 Å². The van der Waals surface area contributed by atoms with E-state index in [2.05, 4.69) is 33.8 Å². The number of ether oxygens (including phenoxy) is 1. The highest BCUT2D eigenvalue weighted by Crippen LogP contribution is 2.71. The van der Waals surface area contributed by atoms with Gasteiger partial charge in [-0.1, -0.05) is 39.3 Å². The van der Waals surface area contributed by atoms with Crippen molar-refractivity contribution in [1.82, 2.24) is 0 Å². The lowest BCUT2D eigenvalue weighted by Gasteiger charge is -2.60. The monoisotopic (exact) mass is 386 g/mol. The molecule has 4 rings (SSSR count). The maximum absolute atomic E-state index is 12.8. The van der Waals surface area contributed by atoms with Gasteiger partial charge in [-0.3, -0.25) is 9.59 Å². The van der Waals surface area contributed by atoms with E-state index in [9.17, 15) is 9.59 Å². The lowest BCUT2D eigenvalue weighted by Crippen LogP contribution is -2.56. The molecule has 0 spiro atoms. The molecule has 3 fully saturated rings. The number of esters is 1. The number of carbonyl (C=O) groups is 2. The van der Waals surface area contributed by atoms with Crippen LogP contribution in [0.2, 0.25) is 0 Å². The molecule has 0 aromatic carbocycles. The average molecular weight is 387 g/mol. The Kier molecular flexibility index (Phi) is 4.64. The van der Waals surface area contributed by atoms with Gasteiger partial charge in [-0.2, -0.15) is 0 Å². The molecule has 8 atom stereocenters. The summed E-state index contributed by atoms with van der Waals surface area (Å²) in [5.74, 6) is 2.42. The van der Waals surface area contributed by atoms with Crippen molar-refractivity contribution < 1.29 is 14.3 Å². The van der Waals surface area contributed by atoms with E-state index in [0.29, 0.717) is 29.5 Å². The zero-order chi connectivity index (χ0) is 20.5. The Morgan fingerprint density at radius 3 is 2.46 bits per heavy atom. The molecule has 0 N–H and O–H groups in total. The van der Waals surface area contributed by atoms with Crippen LogP contribution in [-0.4, -0.2) is 17.9 Å². The highest BCUT2D eigenvalue weighted by atomic mass is 16.5. The van der Waals surface area contributed by atoms with E-state index in [1.165, 1.54) is 5.57 Å². The largest absolute Gasteiger partial charge is 0.462 e. The van der Waals surface area contributed by atoms with Crippen LogP contribution in [0, 0.1) is 39.9 Å².